The number of piperidine rings is 1. The van der Waals surface area contributed by atoms with Crippen LogP contribution in [0.3, 0.4) is 0 Å². The first-order valence-electron chi connectivity index (χ1n) is 7.38. The molecule has 1 saturated heterocycles. The second-order valence-electron chi connectivity index (χ2n) is 5.45. The lowest BCUT2D eigenvalue weighted by Gasteiger charge is -2.32. The molecule has 1 N–H and O–H groups in total. The summed E-state index contributed by atoms with van der Waals surface area (Å²) in [6.45, 7) is 4.72. The number of likely N-dealkylation sites (tertiary alicyclic amines) is 1. The maximum absolute atomic E-state index is 12.3. The summed E-state index contributed by atoms with van der Waals surface area (Å²) in [7, 11) is 0. The van der Waals surface area contributed by atoms with Gasteiger partial charge in [-0.25, -0.2) is 0 Å². The molecule has 1 aromatic heterocycles. The minimum atomic E-state index is -0.242. The molecule has 2 aromatic rings. The van der Waals surface area contributed by atoms with Crippen LogP contribution in [0.25, 0.3) is 11.0 Å². The van der Waals surface area contributed by atoms with E-state index in [0.717, 1.165) is 18.2 Å². The number of fused-ring (bicyclic) bond motifs is 1. The first kappa shape index (κ1) is 14.4. The highest BCUT2D eigenvalue weighted by molar-refractivity contribution is 5.96. The predicted molar refractivity (Wildman–Crippen MR) is 83.5 cm³/mol. The van der Waals surface area contributed by atoms with Crippen molar-refractivity contribution in [3.05, 3.63) is 48.7 Å². The van der Waals surface area contributed by atoms with E-state index >= 15 is 0 Å². The summed E-state index contributed by atoms with van der Waals surface area (Å²) in [6, 6.07) is 9.18. The van der Waals surface area contributed by atoms with E-state index in [-0.39, 0.29) is 17.9 Å². The van der Waals surface area contributed by atoms with Crippen LogP contribution in [0.5, 0.6) is 0 Å². The summed E-state index contributed by atoms with van der Waals surface area (Å²) in [5.74, 6) is -0.0369. The van der Waals surface area contributed by atoms with Gasteiger partial charge >= 0.3 is 0 Å². The van der Waals surface area contributed by atoms with Crippen LogP contribution in [0.15, 0.2) is 47.4 Å². The van der Waals surface area contributed by atoms with Crippen LogP contribution in [-0.4, -0.2) is 35.8 Å². The lowest BCUT2D eigenvalue weighted by atomic mass is 10.1. The van der Waals surface area contributed by atoms with E-state index < -0.39 is 0 Å². The third kappa shape index (κ3) is 2.88. The van der Waals surface area contributed by atoms with Crippen molar-refractivity contribution < 1.29 is 14.0 Å². The third-order valence-electron chi connectivity index (χ3n) is 3.89. The second kappa shape index (κ2) is 6.05. The van der Waals surface area contributed by atoms with Gasteiger partial charge in [-0.15, -0.1) is 0 Å². The van der Waals surface area contributed by atoms with E-state index in [2.05, 4.69) is 11.9 Å². The Balaban J connectivity index is 1.68. The predicted octanol–water partition coefficient (Wildman–Crippen LogP) is 2.34. The number of nitrogens with one attached hydrogen (secondary N) is 1. The van der Waals surface area contributed by atoms with Crippen molar-refractivity contribution in [3.8, 4) is 0 Å². The first-order valence-corrected chi connectivity index (χ1v) is 7.38. The van der Waals surface area contributed by atoms with E-state index in [4.69, 9.17) is 4.42 Å². The van der Waals surface area contributed by atoms with Gasteiger partial charge in [-0.2, -0.15) is 0 Å². The summed E-state index contributed by atoms with van der Waals surface area (Å²) in [5, 5.41) is 3.85. The van der Waals surface area contributed by atoms with Crippen molar-refractivity contribution in [2.24, 2.45) is 0 Å². The zero-order valence-corrected chi connectivity index (χ0v) is 12.2. The fraction of sp³-hybridized carbons (Fsp3) is 0.294. The zero-order chi connectivity index (χ0) is 15.5. The van der Waals surface area contributed by atoms with Gasteiger partial charge < -0.3 is 14.6 Å². The average molecular weight is 298 g/mol. The van der Waals surface area contributed by atoms with Crippen molar-refractivity contribution in [3.63, 3.8) is 0 Å². The number of hydrogen-bond donors (Lipinski definition) is 1. The van der Waals surface area contributed by atoms with Crippen molar-refractivity contribution in [2.45, 2.75) is 18.9 Å². The minimum Gasteiger partial charge on any atom is -0.451 e. The molecule has 1 aromatic carbocycles. The number of carbonyl (C=O) groups is 2. The molecule has 114 valence electrons. The molecule has 1 atom stereocenters. The number of hydrogen-bond acceptors (Lipinski definition) is 3. The molecule has 1 aliphatic heterocycles. The van der Waals surface area contributed by atoms with Crippen LogP contribution in [0.1, 0.15) is 23.4 Å². The van der Waals surface area contributed by atoms with Crippen molar-refractivity contribution in [1.29, 1.82) is 0 Å². The highest BCUT2D eigenvalue weighted by Gasteiger charge is 2.24. The fourth-order valence-corrected chi connectivity index (χ4v) is 2.77. The Labute approximate surface area is 128 Å². The Hall–Kier alpha value is -2.56. The van der Waals surface area contributed by atoms with Gasteiger partial charge in [0.25, 0.3) is 5.91 Å². The largest absolute Gasteiger partial charge is 0.451 e. The molecular formula is C17H18N2O3. The van der Waals surface area contributed by atoms with Crippen molar-refractivity contribution in [1.82, 2.24) is 10.2 Å². The van der Waals surface area contributed by atoms with Crippen LogP contribution in [0.2, 0.25) is 0 Å². The molecular weight excluding hydrogens is 280 g/mol. The monoisotopic (exact) mass is 298 g/mol. The topological polar surface area (TPSA) is 62.6 Å². The lowest BCUT2D eigenvalue weighted by Crippen LogP contribution is -2.49. The van der Waals surface area contributed by atoms with E-state index in [1.807, 2.05) is 24.3 Å². The molecule has 1 unspecified atom stereocenters. The van der Waals surface area contributed by atoms with Gasteiger partial charge in [0.1, 0.15) is 5.58 Å². The van der Waals surface area contributed by atoms with Gasteiger partial charge in [-0.1, -0.05) is 24.8 Å². The zero-order valence-electron chi connectivity index (χ0n) is 12.2. The quantitative estimate of drug-likeness (QED) is 0.885. The standard InChI is InChI=1S/C17H18N2O3/c1-2-16(20)19-9-5-7-13(11-19)18-17(21)15-10-12-6-3-4-8-14(12)22-15/h2-4,6,8,10,13H,1,5,7,9,11H2,(H,18,21). The summed E-state index contributed by atoms with van der Waals surface area (Å²) in [4.78, 5) is 25.7. The number of carbonyl (C=O) groups excluding carboxylic acids is 2. The molecule has 5 heteroatoms. The van der Waals surface area contributed by atoms with Crippen LogP contribution in [0.4, 0.5) is 0 Å². The molecule has 0 aliphatic carbocycles. The molecule has 2 heterocycles. The van der Waals surface area contributed by atoms with Crippen LogP contribution >= 0.6 is 0 Å². The molecule has 0 spiro atoms. The molecule has 0 saturated carbocycles. The highest BCUT2D eigenvalue weighted by atomic mass is 16.3. The van der Waals surface area contributed by atoms with Gasteiger partial charge in [0.05, 0.1) is 0 Å². The van der Waals surface area contributed by atoms with Gasteiger partial charge in [0.15, 0.2) is 5.76 Å². The number of para-hydroxylation sites is 1. The molecule has 22 heavy (non-hydrogen) atoms. The van der Waals surface area contributed by atoms with Gasteiger partial charge in [-0.05, 0) is 31.1 Å². The second-order valence-corrected chi connectivity index (χ2v) is 5.45. The van der Waals surface area contributed by atoms with Crippen LogP contribution < -0.4 is 5.32 Å². The molecule has 1 fully saturated rings. The maximum Gasteiger partial charge on any atom is 0.287 e. The number of nitrogens with zero attached hydrogens (tertiary/aromatic N) is 1. The van der Waals surface area contributed by atoms with E-state index in [1.54, 1.807) is 11.0 Å². The number of amides is 2. The average Bonchev–Trinajstić information content (AvgIpc) is 2.98. The highest BCUT2D eigenvalue weighted by Crippen LogP contribution is 2.19. The summed E-state index contributed by atoms with van der Waals surface area (Å²) in [6.07, 6.45) is 3.03. The Bertz CT molecular complexity index is 687. The van der Waals surface area contributed by atoms with Crippen molar-refractivity contribution in [2.75, 3.05) is 13.1 Å². The van der Waals surface area contributed by atoms with Gasteiger partial charge in [0, 0.05) is 24.5 Å². The van der Waals surface area contributed by atoms with E-state index in [9.17, 15) is 9.59 Å². The normalized spacial score (nSPS) is 18.2. The number of furan rings is 1. The summed E-state index contributed by atoms with van der Waals surface area (Å²) >= 11 is 0. The first-order chi connectivity index (χ1) is 10.7. The van der Waals surface area contributed by atoms with E-state index in [1.165, 1.54) is 6.08 Å². The molecule has 2 amide bonds. The molecule has 0 bridgehead atoms. The lowest BCUT2D eigenvalue weighted by molar-refractivity contribution is -0.127. The van der Waals surface area contributed by atoms with Crippen molar-refractivity contribution >= 4 is 22.8 Å². The Morgan fingerprint density at radius 1 is 1.36 bits per heavy atom. The molecule has 3 rings (SSSR count). The summed E-state index contributed by atoms with van der Waals surface area (Å²) in [5.41, 5.74) is 0.694. The van der Waals surface area contributed by atoms with Crippen LogP contribution in [0, 0.1) is 0 Å². The third-order valence-corrected chi connectivity index (χ3v) is 3.89. The number of benzene rings is 1. The fourth-order valence-electron chi connectivity index (χ4n) is 2.77. The molecule has 5 nitrogen and oxygen atoms in total. The summed E-state index contributed by atoms with van der Waals surface area (Å²) < 4.78 is 5.56. The van der Waals surface area contributed by atoms with Gasteiger partial charge in [0.2, 0.25) is 5.91 Å². The Morgan fingerprint density at radius 2 is 2.18 bits per heavy atom. The van der Waals surface area contributed by atoms with E-state index in [0.29, 0.717) is 24.4 Å². The van der Waals surface area contributed by atoms with Crippen LogP contribution in [-0.2, 0) is 4.79 Å². The molecule has 1 aliphatic rings. The Kier molecular flexibility index (Phi) is 3.96. The smallest absolute Gasteiger partial charge is 0.287 e. The Morgan fingerprint density at radius 3 is 2.95 bits per heavy atom. The molecule has 0 radical (unpaired) electrons. The van der Waals surface area contributed by atoms with Gasteiger partial charge in [-0.3, -0.25) is 9.59 Å². The number of rotatable bonds is 3. The minimum absolute atomic E-state index is 0.0571. The maximum atomic E-state index is 12.3. The SMILES string of the molecule is C=CC(=O)N1CCCC(NC(=O)c2cc3ccccc3o2)C1.